The Kier molecular flexibility index (Phi) is 4.08. The van der Waals surface area contributed by atoms with Gasteiger partial charge < -0.3 is 4.90 Å². The van der Waals surface area contributed by atoms with Gasteiger partial charge in [0.25, 0.3) is 11.2 Å². The van der Waals surface area contributed by atoms with Gasteiger partial charge in [0, 0.05) is 17.7 Å². The molecule has 2 heterocycles. The van der Waals surface area contributed by atoms with E-state index in [1.54, 1.807) is 11.3 Å². The smallest absolute Gasteiger partial charge is 0.285 e. The van der Waals surface area contributed by atoms with Gasteiger partial charge in [0.15, 0.2) is 6.67 Å². The first-order valence-corrected chi connectivity index (χ1v) is 6.68. The molecule has 0 radical (unpaired) electrons. The summed E-state index contributed by atoms with van der Waals surface area (Å²) in [5.74, 6) is 0. The van der Waals surface area contributed by atoms with Crippen molar-refractivity contribution in [2.75, 3.05) is 7.05 Å². The molecule has 0 aliphatic heterocycles. The van der Waals surface area contributed by atoms with Crippen LogP contribution < -0.4 is 10.5 Å². The Balaban J connectivity index is 2.11. The third kappa shape index (κ3) is 3.49. The van der Waals surface area contributed by atoms with Crippen molar-refractivity contribution < 1.29 is 9.82 Å². The molecule has 7 heteroatoms. The molecule has 0 saturated heterocycles. The summed E-state index contributed by atoms with van der Waals surface area (Å²) in [7, 11) is 1.95. The third-order valence-corrected chi connectivity index (χ3v) is 3.44. The number of thiophene rings is 1. The molecule has 0 fully saturated rings. The fraction of sp³-hybridized carbons (Fsp3) is 0.250. The van der Waals surface area contributed by atoms with E-state index in [1.165, 1.54) is 28.5 Å². The normalized spacial score (nSPS) is 12.3. The molecule has 0 aliphatic rings. The highest BCUT2D eigenvalue weighted by molar-refractivity contribution is 7.07. The van der Waals surface area contributed by atoms with E-state index < -0.39 is 4.92 Å². The third-order valence-electron chi connectivity index (χ3n) is 2.70. The average Bonchev–Trinajstić information content (AvgIpc) is 2.84. The zero-order chi connectivity index (χ0) is 13.8. The molecule has 1 unspecified atom stereocenters. The lowest BCUT2D eigenvalue weighted by Crippen LogP contribution is -3.07. The molecule has 2 aromatic heterocycles. The van der Waals surface area contributed by atoms with Crippen LogP contribution in [0.3, 0.4) is 0 Å². The van der Waals surface area contributed by atoms with Crippen LogP contribution in [0, 0.1) is 10.1 Å². The van der Waals surface area contributed by atoms with Crippen LogP contribution in [0.25, 0.3) is 0 Å². The first kappa shape index (κ1) is 13.4. The van der Waals surface area contributed by atoms with Crippen LogP contribution in [0.15, 0.2) is 40.0 Å². The van der Waals surface area contributed by atoms with Crippen molar-refractivity contribution in [2.24, 2.45) is 0 Å². The van der Waals surface area contributed by atoms with Gasteiger partial charge in [-0.1, -0.05) is 0 Å². The Morgan fingerprint density at radius 2 is 2.21 bits per heavy atom. The maximum Gasteiger partial charge on any atom is 0.285 e. The van der Waals surface area contributed by atoms with Crippen LogP contribution in [-0.2, 0) is 13.2 Å². The van der Waals surface area contributed by atoms with E-state index in [0.717, 1.165) is 11.4 Å². The van der Waals surface area contributed by atoms with Gasteiger partial charge in [-0.15, -0.1) is 0 Å². The van der Waals surface area contributed by atoms with Gasteiger partial charge in [-0.2, -0.15) is 11.3 Å². The number of pyridine rings is 1. The molecule has 1 N–H and O–H groups in total. The van der Waals surface area contributed by atoms with Gasteiger partial charge in [0.1, 0.15) is 6.54 Å². The predicted molar refractivity (Wildman–Crippen MR) is 72.3 cm³/mol. The zero-order valence-electron chi connectivity index (χ0n) is 10.4. The minimum atomic E-state index is -0.496. The van der Waals surface area contributed by atoms with E-state index in [9.17, 15) is 14.9 Å². The van der Waals surface area contributed by atoms with Crippen molar-refractivity contribution in [3.63, 3.8) is 0 Å². The number of nitro groups is 1. The fourth-order valence-electron chi connectivity index (χ4n) is 1.84. The molecule has 19 heavy (non-hydrogen) atoms. The van der Waals surface area contributed by atoms with Crippen molar-refractivity contribution in [1.82, 2.24) is 4.57 Å². The molecule has 0 saturated carbocycles. The number of hydrogen-bond donors (Lipinski definition) is 1. The molecule has 0 amide bonds. The molecular weight excluding hydrogens is 266 g/mol. The number of nitrogens with zero attached hydrogens (tertiary/aromatic N) is 2. The maximum atomic E-state index is 11.7. The monoisotopic (exact) mass is 280 g/mol. The molecule has 0 bridgehead atoms. The highest BCUT2D eigenvalue weighted by Crippen LogP contribution is 2.06. The quantitative estimate of drug-likeness (QED) is 0.640. The second-order valence-corrected chi connectivity index (χ2v) is 5.16. The van der Waals surface area contributed by atoms with Crippen LogP contribution in [0.5, 0.6) is 0 Å². The van der Waals surface area contributed by atoms with Crippen LogP contribution in [0.4, 0.5) is 5.69 Å². The summed E-state index contributed by atoms with van der Waals surface area (Å²) >= 11 is 1.63. The molecule has 0 aliphatic carbocycles. The van der Waals surface area contributed by atoms with Crippen LogP contribution in [0.2, 0.25) is 0 Å². The molecule has 0 spiro atoms. The molecule has 100 valence electrons. The van der Waals surface area contributed by atoms with Crippen molar-refractivity contribution >= 4 is 17.0 Å². The van der Waals surface area contributed by atoms with Gasteiger partial charge in [0.2, 0.25) is 0 Å². The summed E-state index contributed by atoms with van der Waals surface area (Å²) in [6.07, 6.45) is 1.29. The predicted octanol–water partition coefficient (Wildman–Crippen LogP) is 0.490. The molecule has 2 rings (SSSR count). The summed E-state index contributed by atoms with van der Waals surface area (Å²) in [6, 6.07) is 4.49. The van der Waals surface area contributed by atoms with Crippen molar-refractivity contribution in [1.29, 1.82) is 0 Å². The SMILES string of the molecule is C[NH+](Cc1ccsc1)Cn1cc([N+](=O)[O-])ccc1=O. The Morgan fingerprint density at radius 1 is 1.42 bits per heavy atom. The van der Waals surface area contributed by atoms with Gasteiger partial charge in [0.05, 0.1) is 18.2 Å². The number of hydrogen-bond acceptors (Lipinski definition) is 4. The fourth-order valence-corrected chi connectivity index (χ4v) is 2.51. The minimum absolute atomic E-state index is 0.0667. The van der Waals surface area contributed by atoms with E-state index >= 15 is 0 Å². The lowest BCUT2D eigenvalue weighted by molar-refractivity contribution is -0.917. The van der Waals surface area contributed by atoms with Crippen molar-refractivity contribution in [2.45, 2.75) is 13.2 Å². The number of nitrogens with one attached hydrogen (secondary N) is 1. The summed E-state index contributed by atoms with van der Waals surface area (Å²) < 4.78 is 1.37. The maximum absolute atomic E-state index is 11.7. The topological polar surface area (TPSA) is 69.6 Å². The first-order chi connectivity index (χ1) is 9.06. The highest BCUT2D eigenvalue weighted by Gasteiger charge is 2.11. The summed E-state index contributed by atoms with van der Waals surface area (Å²) in [4.78, 5) is 22.9. The molecule has 1 atom stereocenters. The second kappa shape index (κ2) is 5.77. The number of rotatable bonds is 5. The van der Waals surface area contributed by atoms with Gasteiger partial charge in [-0.3, -0.25) is 19.5 Å². The second-order valence-electron chi connectivity index (χ2n) is 4.38. The van der Waals surface area contributed by atoms with Gasteiger partial charge in [-0.05, 0) is 16.8 Å². The van der Waals surface area contributed by atoms with Gasteiger partial charge >= 0.3 is 0 Å². The minimum Gasteiger partial charge on any atom is -0.316 e. The van der Waals surface area contributed by atoms with Crippen molar-refractivity contribution in [3.05, 3.63) is 61.2 Å². The van der Waals surface area contributed by atoms with Crippen LogP contribution in [0.1, 0.15) is 5.56 Å². The van der Waals surface area contributed by atoms with Gasteiger partial charge in [-0.25, -0.2) is 0 Å². The van der Waals surface area contributed by atoms with E-state index in [0.29, 0.717) is 6.67 Å². The molecular formula is C12H14N3O3S+. The zero-order valence-corrected chi connectivity index (χ0v) is 11.2. The van der Waals surface area contributed by atoms with E-state index in [2.05, 4.69) is 5.38 Å². The molecule has 2 aromatic rings. The Hall–Kier alpha value is -1.99. The van der Waals surface area contributed by atoms with Crippen LogP contribution >= 0.6 is 11.3 Å². The molecule has 0 aromatic carbocycles. The number of aromatic nitrogens is 1. The Morgan fingerprint density at radius 3 is 2.84 bits per heavy atom. The summed E-state index contributed by atoms with van der Waals surface area (Å²) in [6.45, 7) is 1.18. The standard InChI is InChI=1S/C12H13N3O3S/c1-13(6-10-4-5-19-8-10)9-14-7-11(15(17)18)2-3-12(14)16/h2-5,7-8H,6,9H2,1H3/p+1. The lowest BCUT2D eigenvalue weighted by Gasteiger charge is -2.14. The summed E-state index contributed by atoms with van der Waals surface area (Å²) in [5.41, 5.74) is 0.902. The largest absolute Gasteiger partial charge is 0.316 e. The number of quaternary nitrogens is 1. The lowest BCUT2D eigenvalue weighted by atomic mass is 10.3. The first-order valence-electron chi connectivity index (χ1n) is 5.73. The van der Waals surface area contributed by atoms with E-state index in [-0.39, 0.29) is 11.2 Å². The summed E-state index contributed by atoms with van der Waals surface area (Å²) in [5, 5.41) is 14.7. The van der Waals surface area contributed by atoms with E-state index in [1.807, 2.05) is 18.5 Å². The van der Waals surface area contributed by atoms with E-state index in [4.69, 9.17) is 0 Å². The Labute approximate surface area is 113 Å². The van der Waals surface area contributed by atoms with Crippen molar-refractivity contribution in [3.8, 4) is 0 Å². The molecule has 6 nitrogen and oxygen atoms in total. The average molecular weight is 280 g/mol. The Bertz CT molecular complexity index is 621. The highest BCUT2D eigenvalue weighted by atomic mass is 32.1. The van der Waals surface area contributed by atoms with Crippen LogP contribution in [-0.4, -0.2) is 16.5 Å².